The third-order valence-corrected chi connectivity index (χ3v) is 9.71. The van der Waals surface area contributed by atoms with Crippen LogP contribution in [0, 0.1) is 37.5 Å². The van der Waals surface area contributed by atoms with Crippen LogP contribution in [0.2, 0.25) is 0 Å². The minimum atomic E-state index is -0.784. The normalized spacial score (nSPS) is 41.6. The average Bonchev–Trinajstić information content (AvgIpc) is 2.86. The SMILES string of the molecule is Cc1cc(O[C@H]2O[C@@H]3O[C@]4(C)CC5[C@H](C)CCC([C@H]2C)[C@]53OO4)c(C)cc1CC(=O)N1CCCCC1. The Morgan fingerprint density at radius 1 is 1.06 bits per heavy atom. The van der Waals surface area contributed by atoms with Crippen LogP contribution >= 0.6 is 0 Å². The third-order valence-electron chi connectivity index (χ3n) is 9.71. The molecule has 5 heterocycles. The zero-order valence-electron chi connectivity index (χ0n) is 22.4. The first-order chi connectivity index (χ1) is 17.2. The summed E-state index contributed by atoms with van der Waals surface area (Å²) in [7, 11) is 0. The predicted molar refractivity (Wildman–Crippen MR) is 133 cm³/mol. The molecular weight excluding hydrogens is 458 g/mol. The molecule has 1 aliphatic carbocycles. The fraction of sp³-hybridized carbons (Fsp3) is 0.759. The molecule has 6 aliphatic rings. The van der Waals surface area contributed by atoms with Gasteiger partial charge in [-0.2, -0.15) is 0 Å². The molecule has 1 saturated carbocycles. The van der Waals surface area contributed by atoms with E-state index in [4.69, 9.17) is 24.0 Å². The molecule has 2 unspecified atom stereocenters. The van der Waals surface area contributed by atoms with Gasteiger partial charge in [0.1, 0.15) is 5.75 Å². The number of benzene rings is 1. The molecule has 1 aromatic rings. The van der Waals surface area contributed by atoms with E-state index < -0.39 is 24.0 Å². The number of hydrogen-bond acceptors (Lipinski definition) is 6. The molecule has 6 fully saturated rings. The molecule has 0 radical (unpaired) electrons. The van der Waals surface area contributed by atoms with Gasteiger partial charge in [0.25, 0.3) is 0 Å². The van der Waals surface area contributed by atoms with E-state index in [1.807, 2.05) is 18.7 Å². The van der Waals surface area contributed by atoms with Crippen molar-refractivity contribution in [3.8, 4) is 5.75 Å². The molecule has 7 heteroatoms. The van der Waals surface area contributed by atoms with Crippen LogP contribution in [0.4, 0.5) is 0 Å². The van der Waals surface area contributed by atoms with E-state index in [9.17, 15) is 4.79 Å². The first kappa shape index (κ1) is 24.7. The Morgan fingerprint density at radius 3 is 2.61 bits per heavy atom. The van der Waals surface area contributed by atoms with Gasteiger partial charge in [0.2, 0.25) is 18.0 Å². The van der Waals surface area contributed by atoms with Gasteiger partial charge in [-0.15, -0.1) is 0 Å². The summed E-state index contributed by atoms with van der Waals surface area (Å²) in [4.78, 5) is 26.8. The topological polar surface area (TPSA) is 66.5 Å². The monoisotopic (exact) mass is 499 g/mol. The Labute approximate surface area is 214 Å². The summed E-state index contributed by atoms with van der Waals surface area (Å²) in [5.74, 6) is 1.47. The van der Waals surface area contributed by atoms with Gasteiger partial charge in [-0.1, -0.05) is 19.9 Å². The van der Waals surface area contributed by atoms with Crippen LogP contribution in [-0.4, -0.2) is 47.9 Å². The van der Waals surface area contributed by atoms with Crippen molar-refractivity contribution in [3.63, 3.8) is 0 Å². The summed E-state index contributed by atoms with van der Waals surface area (Å²) < 4.78 is 19.5. The van der Waals surface area contributed by atoms with Gasteiger partial charge in [0.15, 0.2) is 11.9 Å². The van der Waals surface area contributed by atoms with E-state index >= 15 is 0 Å². The van der Waals surface area contributed by atoms with Crippen molar-refractivity contribution in [3.05, 3.63) is 28.8 Å². The van der Waals surface area contributed by atoms with Crippen LogP contribution < -0.4 is 4.74 Å². The molecule has 7 nitrogen and oxygen atoms in total. The minimum absolute atomic E-state index is 0.117. The molecule has 36 heavy (non-hydrogen) atoms. The second-order valence-corrected chi connectivity index (χ2v) is 12.2. The van der Waals surface area contributed by atoms with Crippen molar-refractivity contribution in [2.45, 2.75) is 104 Å². The molecule has 0 N–H and O–H groups in total. The molecule has 1 amide bonds. The Balaban J connectivity index is 1.21. The largest absolute Gasteiger partial charge is 0.464 e. The Hall–Kier alpha value is -1.67. The third kappa shape index (κ3) is 3.89. The molecule has 0 aromatic heterocycles. The molecule has 7 rings (SSSR count). The Morgan fingerprint density at radius 2 is 1.83 bits per heavy atom. The number of carbonyl (C=O) groups excluding carboxylic acids is 1. The van der Waals surface area contributed by atoms with E-state index in [0.717, 1.165) is 67.6 Å². The molecule has 8 atom stereocenters. The number of fused-ring (bicyclic) bond motifs is 1. The van der Waals surface area contributed by atoms with Crippen LogP contribution in [-0.2, 0) is 30.5 Å². The summed E-state index contributed by atoms with van der Waals surface area (Å²) in [5, 5.41) is 0. The number of aryl methyl sites for hydroxylation is 2. The highest BCUT2D eigenvalue weighted by Crippen LogP contribution is 2.62. The van der Waals surface area contributed by atoms with Crippen LogP contribution in [0.15, 0.2) is 12.1 Å². The number of likely N-dealkylation sites (tertiary alicyclic amines) is 1. The number of nitrogens with zero attached hydrogens (tertiary/aromatic N) is 1. The summed E-state index contributed by atoms with van der Waals surface area (Å²) in [5.41, 5.74) is 2.59. The summed E-state index contributed by atoms with van der Waals surface area (Å²) in [6.45, 7) is 12.3. The van der Waals surface area contributed by atoms with Crippen LogP contribution in [0.1, 0.15) is 76.0 Å². The molecule has 5 saturated heterocycles. The standard InChI is InChI=1S/C29H41NO6/c1-17-9-10-22-20(4)26(33-27-29(22)23(17)16-28(5,34-27)35-36-29)32-24-14-18(2)21(13-19(24)3)15-25(31)30-11-7-6-8-12-30/h13-14,17,20,22-23,26-27H,6-12,15-16H2,1-5H3/t17-,20-,22?,23?,26+,27-,28+,29+/m1/s1. The number of ether oxygens (including phenoxy) is 3. The van der Waals surface area contributed by atoms with Gasteiger partial charge in [-0.05, 0) is 81.5 Å². The predicted octanol–water partition coefficient (Wildman–Crippen LogP) is 5.06. The zero-order valence-corrected chi connectivity index (χ0v) is 22.4. The zero-order chi connectivity index (χ0) is 25.2. The average molecular weight is 500 g/mol. The lowest BCUT2D eigenvalue weighted by molar-refractivity contribution is -0.614. The number of amides is 1. The van der Waals surface area contributed by atoms with E-state index in [-0.39, 0.29) is 17.7 Å². The molecule has 1 aromatic carbocycles. The quantitative estimate of drug-likeness (QED) is 0.540. The molecule has 2 bridgehead atoms. The number of hydrogen-bond donors (Lipinski definition) is 0. The van der Waals surface area contributed by atoms with Crippen molar-refractivity contribution < 1.29 is 28.8 Å². The van der Waals surface area contributed by atoms with Gasteiger partial charge in [-0.3, -0.25) is 4.79 Å². The first-order valence-corrected chi connectivity index (χ1v) is 13.9. The molecule has 5 aliphatic heterocycles. The van der Waals surface area contributed by atoms with Gasteiger partial charge in [0, 0.05) is 37.3 Å². The number of piperidine rings is 1. The smallest absolute Gasteiger partial charge is 0.226 e. The number of rotatable bonds is 4. The van der Waals surface area contributed by atoms with Crippen LogP contribution in [0.25, 0.3) is 0 Å². The van der Waals surface area contributed by atoms with Crippen molar-refractivity contribution in [2.24, 2.45) is 23.7 Å². The van der Waals surface area contributed by atoms with E-state index in [1.54, 1.807) is 0 Å². The summed E-state index contributed by atoms with van der Waals surface area (Å²) >= 11 is 0. The summed E-state index contributed by atoms with van der Waals surface area (Å²) in [6, 6.07) is 4.17. The second kappa shape index (κ2) is 8.97. The van der Waals surface area contributed by atoms with Crippen molar-refractivity contribution in [1.82, 2.24) is 4.90 Å². The van der Waals surface area contributed by atoms with Crippen molar-refractivity contribution in [1.29, 1.82) is 0 Å². The Bertz CT molecular complexity index is 1020. The van der Waals surface area contributed by atoms with E-state index in [2.05, 4.69) is 32.9 Å². The second-order valence-electron chi connectivity index (χ2n) is 12.2. The van der Waals surface area contributed by atoms with E-state index in [0.29, 0.717) is 18.3 Å². The lowest BCUT2D eigenvalue weighted by Gasteiger charge is -2.66. The fourth-order valence-corrected chi connectivity index (χ4v) is 7.53. The minimum Gasteiger partial charge on any atom is -0.464 e. The van der Waals surface area contributed by atoms with Gasteiger partial charge < -0.3 is 19.1 Å². The summed E-state index contributed by atoms with van der Waals surface area (Å²) in [6.07, 6.45) is 5.98. The molecular formula is C29H41NO6. The highest BCUT2D eigenvalue weighted by Gasteiger charge is 2.72. The van der Waals surface area contributed by atoms with Gasteiger partial charge in [-0.25, -0.2) is 9.78 Å². The molecule has 1 spiro atoms. The first-order valence-electron chi connectivity index (χ1n) is 13.9. The highest BCUT2D eigenvalue weighted by atomic mass is 17.3. The highest BCUT2D eigenvalue weighted by molar-refractivity contribution is 5.79. The van der Waals surface area contributed by atoms with Gasteiger partial charge >= 0.3 is 0 Å². The maximum Gasteiger partial charge on any atom is 0.226 e. The lowest BCUT2D eigenvalue weighted by atomic mass is 9.56. The van der Waals surface area contributed by atoms with Gasteiger partial charge in [0.05, 0.1) is 6.42 Å². The molecule has 198 valence electrons. The van der Waals surface area contributed by atoms with Crippen LogP contribution in [0.3, 0.4) is 0 Å². The number of carbonyl (C=O) groups is 1. The Kier molecular flexibility index (Phi) is 6.14. The van der Waals surface area contributed by atoms with E-state index in [1.165, 1.54) is 6.42 Å². The lowest BCUT2D eigenvalue weighted by Crippen LogP contribution is -2.76. The fourth-order valence-electron chi connectivity index (χ4n) is 7.53. The maximum absolute atomic E-state index is 12.9. The maximum atomic E-state index is 12.9. The van der Waals surface area contributed by atoms with Crippen molar-refractivity contribution in [2.75, 3.05) is 13.1 Å². The van der Waals surface area contributed by atoms with Crippen molar-refractivity contribution >= 4 is 5.91 Å². The van der Waals surface area contributed by atoms with Crippen LogP contribution in [0.5, 0.6) is 5.75 Å².